The van der Waals surface area contributed by atoms with Crippen LogP contribution < -0.4 is 5.32 Å². The third-order valence-electron chi connectivity index (χ3n) is 3.25. The van der Waals surface area contributed by atoms with Crippen LogP contribution in [0.1, 0.15) is 40.5 Å². The fourth-order valence-corrected chi connectivity index (χ4v) is 2.17. The Morgan fingerprint density at radius 1 is 1.42 bits per heavy atom. The molecule has 1 aliphatic rings. The molecule has 0 bridgehead atoms. The van der Waals surface area contributed by atoms with Crippen LogP contribution in [-0.2, 0) is 4.74 Å². The molecule has 2 rings (SSSR count). The molecule has 2 N–H and O–H groups in total. The van der Waals surface area contributed by atoms with Gasteiger partial charge in [0.15, 0.2) is 0 Å². The Bertz CT molecular complexity index is 480. The topological polar surface area (TPSA) is 75.6 Å². The summed E-state index contributed by atoms with van der Waals surface area (Å²) in [6.07, 6.45) is 2.00. The Labute approximate surface area is 111 Å². The molecule has 1 amide bonds. The zero-order chi connectivity index (χ0) is 13.8. The van der Waals surface area contributed by atoms with E-state index in [0.29, 0.717) is 5.56 Å². The van der Waals surface area contributed by atoms with Crippen molar-refractivity contribution in [3.63, 3.8) is 0 Å². The maximum Gasteiger partial charge on any atom is 0.335 e. The van der Waals surface area contributed by atoms with Crippen molar-refractivity contribution in [3.05, 3.63) is 35.4 Å². The molecule has 2 atom stereocenters. The highest BCUT2D eigenvalue weighted by atomic mass is 16.5. The molecule has 1 fully saturated rings. The first-order valence-corrected chi connectivity index (χ1v) is 6.34. The second-order valence-electron chi connectivity index (χ2n) is 4.70. The molecule has 1 saturated heterocycles. The monoisotopic (exact) mass is 263 g/mol. The Hall–Kier alpha value is -1.88. The maximum atomic E-state index is 12.0. The molecule has 1 aromatic carbocycles. The predicted molar refractivity (Wildman–Crippen MR) is 69.3 cm³/mol. The van der Waals surface area contributed by atoms with Crippen LogP contribution in [0.4, 0.5) is 0 Å². The van der Waals surface area contributed by atoms with E-state index in [-0.39, 0.29) is 23.6 Å². The highest BCUT2D eigenvalue weighted by Gasteiger charge is 2.24. The Morgan fingerprint density at radius 3 is 2.79 bits per heavy atom. The van der Waals surface area contributed by atoms with Crippen LogP contribution in [0.3, 0.4) is 0 Å². The number of carbonyl (C=O) groups is 2. The summed E-state index contributed by atoms with van der Waals surface area (Å²) in [6, 6.07) is 5.92. The van der Waals surface area contributed by atoms with Crippen LogP contribution in [0.15, 0.2) is 24.3 Å². The lowest BCUT2D eigenvalue weighted by atomic mass is 10.1. The minimum atomic E-state index is -1.04. The number of carbonyl (C=O) groups excluding carboxylic acids is 1. The van der Waals surface area contributed by atoms with Crippen LogP contribution in [0, 0.1) is 0 Å². The molecule has 0 saturated carbocycles. The first-order valence-electron chi connectivity index (χ1n) is 6.34. The third kappa shape index (κ3) is 3.32. The number of benzene rings is 1. The standard InChI is InChI=1S/C14H17NO4/c1-9(12-6-3-7-19-12)15-13(16)10-4-2-5-11(8-10)14(17)18/h2,4-5,8-9,12H,3,6-7H2,1H3,(H,15,16)(H,17,18)/t9-,12-/m0/s1. The van der Waals surface area contributed by atoms with Crippen LogP contribution >= 0.6 is 0 Å². The van der Waals surface area contributed by atoms with Crippen molar-refractivity contribution in [1.29, 1.82) is 0 Å². The summed E-state index contributed by atoms with van der Waals surface area (Å²) in [5.41, 5.74) is 0.460. The van der Waals surface area contributed by atoms with Gasteiger partial charge in [-0.2, -0.15) is 0 Å². The van der Waals surface area contributed by atoms with E-state index in [9.17, 15) is 9.59 Å². The number of amides is 1. The second kappa shape index (κ2) is 5.84. The van der Waals surface area contributed by atoms with E-state index < -0.39 is 5.97 Å². The largest absolute Gasteiger partial charge is 0.478 e. The quantitative estimate of drug-likeness (QED) is 0.866. The van der Waals surface area contributed by atoms with Gasteiger partial charge in [-0.05, 0) is 38.0 Å². The predicted octanol–water partition coefficient (Wildman–Crippen LogP) is 1.68. The fourth-order valence-electron chi connectivity index (χ4n) is 2.17. The molecule has 0 spiro atoms. The minimum absolute atomic E-state index is 0.0478. The maximum absolute atomic E-state index is 12.0. The van der Waals surface area contributed by atoms with Crippen molar-refractivity contribution in [2.45, 2.75) is 31.9 Å². The number of nitrogens with one attached hydrogen (secondary N) is 1. The van der Waals surface area contributed by atoms with Gasteiger partial charge in [0.25, 0.3) is 5.91 Å². The summed E-state index contributed by atoms with van der Waals surface area (Å²) >= 11 is 0. The number of hydrogen-bond acceptors (Lipinski definition) is 3. The molecule has 19 heavy (non-hydrogen) atoms. The fraction of sp³-hybridized carbons (Fsp3) is 0.429. The normalized spacial score (nSPS) is 19.9. The van der Waals surface area contributed by atoms with Gasteiger partial charge < -0.3 is 15.2 Å². The van der Waals surface area contributed by atoms with Gasteiger partial charge in [0.1, 0.15) is 0 Å². The number of hydrogen-bond donors (Lipinski definition) is 2. The van der Waals surface area contributed by atoms with E-state index >= 15 is 0 Å². The molecule has 102 valence electrons. The zero-order valence-electron chi connectivity index (χ0n) is 10.8. The van der Waals surface area contributed by atoms with Gasteiger partial charge in [-0.15, -0.1) is 0 Å². The second-order valence-corrected chi connectivity index (χ2v) is 4.70. The van der Waals surface area contributed by atoms with Gasteiger partial charge in [0.2, 0.25) is 0 Å². The van der Waals surface area contributed by atoms with Gasteiger partial charge in [-0.3, -0.25) is 4.79 Å². The molecule has 0 aliphatic carbocycles. The summed E-state index contributed by atoms with van der Waals surface area (Å²) in [6.45, 7) is 2.63. The molecular formula is C14H17NO4. The summed E-state index contributed by atoms with van der Waals surface area (Å²) in [5, 5.41) is 11.7. The number of carboxylic acids is 1. The number of rotatable bonds is 4. The van der Waals surface area contributed by atoms with E-state index in [1.807, 2.05) is 6.92 Å². The van der Waals surface area contributed by atoms with Crippen molar-refractivity contribution in [1.82, 2.24) is 5.32 Å². The molecule has 0 aromatic heterocycles. The molecule has 1 heterocycles. The Morgan fingerprint density at radius 2 is 2.16 bits per heavy atom. The first-order chi connectivity index (χ1) is 9.08. The van der Waals surface area contributed by atoms with E-state index in [0.717, 1.165) is 19.4 Å². The minimum Gasteiger partial charge on any atom is -0.478 e. The summed E-state index contributed by atoms with van der Waals surface area (Å²) in [7, 11) is 0. The smallest absolute Gasteiger partial charge is 0.335 e. The molecule has 5 nitrogen and oxygen atoms in total. The third-order valence-corrected chi connectivity index (χ3v) is 3.25. The van der Waals surface area contributed by atoms with Crippen molar-refractivity contribution < 1.29 is 19.4 Å². The van der Waals surface area contributed by atoms with E-state index in [4.69, 9.17) is 9.84 Å². The lowest BCUT2D eigenvalue weighted by Gasteiger charge is -2.20. The molecule has 1 aromatic rings. The van der Waals surface area contributed by atoms with Crippen LogP contribution in [0.25, 0.3) is 0 Å². The summed E-state index contributed by atoms with van der Waals surface area (Å²) < 4.78 is 5.50. The van der Waals surface area contributed by atoms with Crippen molar-refractivity contribution >= 4 is 11.9 Å². The molecule has 0 radical (unpaired) electrons. The molecule has 5 heteroatoms. The van der Waals surface area contributed by atoms with Gasteiger partial charge in [-0.25, -0.2) is 4.79 Å². The van der Waals surface area contributed by atoms with Crippen LogP contribution in [0.5, 0.6) is 0 Å². The van der Waals surface area contributed by atoms with Crippen molar-refractivity contribution in [2.75, 3.05) is 6.61 Å². The number of ether oxygens (including phenoxy) is 1. The van der Waals surface area contributed by atoms with Gasteiger partial charge in [0.05, 0.1) is 17.7 Å². The Kier molecular flexibility index (Phi) is 4.16. The average Bonchev–Trinajstić information content (AvgIpc) is 2.92. The Balaban J connectivity index is 2.02. The molecular weight excluding hydrogens is 246 g/mol. The van der Waals surface area contributed by atoms with Crippen molar-refractivity contribution in [3.8, 4) is 0 Å². The highest BCUT2D eigenvalue weighted by molar-refractivity contribution is 5.97. The van der Waals surface area contributed by atoms with Crippen molar-refractivity contribution in [2.24, 2.45) is 0 Å². The summed E-state index contributed by atoms with van der Waals surface area (Å²) in [5.74, 6) is -1.31. The average molecular weight is 263 g/mol. The molecule has 0 unspecified atom stereocenters. The van der Waals surface area contributed by atoms with Gasteiger partial charge in [-0.1, -0.05) is 6.07 Å². The highest BCUT2D eigenvalue weighted by Crippen LogP contribution is 2.16. The SMILES string of the molecule is C[C@H](NC(=O)c1cccc(C(=O)O)c1)[C@@H]1CCCO1. The number of carboxylic acid groups (broad SMARTS) is 1. The van der Waals surface area contributed by atoms with Gasteiger partial charge in [0, 0.05) is 12.2 Å². The first kappa shape index (κ1) is 13.5. The van der Waals surface area contributed by atoms with E-state index in [1.165, 1.54) is 12.1 Å². The zero-order valence-corrected chi connectivity index (χ0v) is 10.8. The van der Waals surface area contributed by atoms with E-state index in [2.05, 4.69) is 5.32 Å². The molecule has 1 aliphatic heterocycles. The lowest BCUT2D eigenvalue weighted by Crippen LogP contribution is -2.40. The summed E-state index contributed by atoms with van der Waals surface area (Å²) in [4.78, 5) is 22.9. The van der Waals surface area contributed by atoms with Gasteiger partial charge >= 0.3 is 5.97 Å². The van der Waals surface area contributed by atoms with E-state index in [1.54, 1.807) is 12.1 Å². The van der Waals surface area contributed by atoms with Crippen LogP contribution in [0.2, 0.25) is 0 Å². The number of aromatic carboxylic acids is 1. The van der Waals surface area contributed by atoms with Crippen LogP contribution in [-0.4, -0.2) is 35.7 Å². The lowest BCUT2D eigenvalue weighted by molar-refractivity contribution is 0.0696.